The van der Waals surface area contributed by atoms with E-state index >= 15 is 0 Å². The van der Waals surface area contributed by atoms with Crippen molar-refractivity contribution in [1.82, 2.24) is 15.0 Å². The molecule has 6 heteroatoms. The van der Waals surface area contributed by atoms with Crippen LogP contribution in [0.15, 0.2) is 70.8 Å². The largest absolute Gasteiger partial charge is 0.361 e. The maximum Gasteiger partial charge on any atom is 0.276 e. The molecule has 0 fully saturated rings. The lowest BCUT2D eigenvalue weighted by Crippen LogP contribution is -2.26. The van der Waals surface area contributed by atoms with Crippen LogP contribution in [0.2, 0.25) is 0 Å². The summed E-state index contributed by atoms with van der Waals surface area (Å²) in [6, 6.07) is 15.0. The second kappa shape index (κ2) is 6.33. The Morgan fingerprint density at radius 2 is 1.85 bits per heavy atom. The molecule has 0 saturated heterocycles. The maximum atomic E-state index is 12.6. The molecule has 26 heavy (non-hydrogen) atoms. The fourth-order valence-corrected chi connectivity index (χ4v) is 3.02. The molecule has 0 bridgehead atoms. The minimum Gasteiger partial charge on any atom is -0.361 e. The van der Waals surface area contributed by atoms with E-state index < -0.39 is 5.91 Å². The molecular weight excluding hydrogens is 328 g/mol. The number of hydrogen-bond acceptors (Lipinski definition) is 3. The van der Waals surface area contributed by atoms with E-state index in [4.69, 9.17) is 0 Å². The van der Waals surface area contributed by atoms with Gasteiger partial charge in [0.1, 0.15) is 5.56 Å². The smallest absolute Gasteiger partial charge is 0.276 e. The molecule has 2 heterocycles. The van der Waals surface area contributed by atoms with Crippen molar-refractivity contribution in [3.05, 3.63) is 82.3 Å². The molecule has 6 nitrogen and oxygen atoms in total. The van der Waals surface area contributed by atoms with E-state index in [-0.39, 0.29) is 11.0 Å². The van der Waals surface area contributed by atoms with Crippen LogP contribution in [0.1, 0.15) is 15.9 Å². The Balaban J connectivity index is 1.62. The summed E-state index contributed by atoms with van der Waals surface area (Å²) in [5, 5.41) is 5.51. The van der Waals surface area contributed by atoms with Gasteiger partial charge in [0.15, 0.2) is 0 Å². The van der Waals surface area contributed by atoms with Crippen molar-refractivity contribution in [3.8, 4) is 0 Å². The van der Waals surface area contributed by atoms with Crippen LogP contribution in [-0.4, -0.2) is 21.7 Å². The Morgan fingerprint density at radius 3 is 2.69 bits per heavy atom. The minimum absolute atomic E-state index is 0.0577. The van der Waals surface area contributed by atoms with Gasteiger partial charge < -0.3 is 9.55 Å². The number of rotatable bonds is 3. The van der Waals surface area contributed by atoms with Gasteiger partial charge in [-0.05, 0) is 18.2 Å². The fraction of sp³-hybridized carbons (Fsp3) is 0.0500. The second-order valence-corrected chi connectivity index (χ2v) is 5.99. The predicted molar refractivity (Wildman–Crippen MR) is 103 cm³/mol. The van der Waals surface area contributed by atoms with Gasteiger partial charge in [-0.3, -0.25) is 9.59 Å². The van der Waals surface area contributed by atoms with Gasteiger partial charge in [-0.2, -0.15) is 5.10 Å². The number of hydrazone groups is 1. The number of aromatic amines is 1. The predicted octanol–water partition coefficient (Wildman–Crippen LogP) is 2.78. The van der Waals surface area contributed by atoms with Crippen LogP contribution in [0, 0.1) is 0 Å². The summed E-state index contributed by atoms with van der Waals surface area (Å²) in [5.74, 6) is -0.535. The summed E-state index contributed by atoms with van der Waals surface area (Å²) in [4.78, 5) is 28.1. The molecule has 2 aromatic heterocycles. The van der Waals surface area contributed by atoms with E-state index in [1.807, 2.05) is 42.6 Å². The minimum atomic E-state index is -0.535. The molecule has 0 atom stereocenters. The number of benzene rings is 2. The summed E-state index contributed by atoms with van der Waals surface area (Å²) in [7, 11) is 1.80. The lowest BCUT2D eigenvalue weighted by atomic mass is 10.1. The highest BCUT2D eigenvalue weighted by molar-refractivity contribution is 6.01. The van der Waals surface area contributed by atoms with Gasteiger partial charge in [0.05, 0.1) is 11.7 Å². The van der Waals surface area contributed by atoms with Crippen molar-refractivity contribution >= 4 is 33.9 Å². The number of amides is 1. The van der Waals surface area contributed by atoms with Gasteiger partial charge in [0.25, 0.3) is 5.91 Å². The number of carbonyl (C=O) groups excluding carboxylic acids is 1. The first kappa shape index (κ1) is 15.8. The standard InChI is InChI=1S/C20H16N4O2/c1-24-12-16(19(25)15-7-3-5-9-18(15)24)20(26)23-22-11-13-10-21-17-8-4-2-6-14(13)17/h2-12,21H,1H3,(H,23,26). The highest BCUT2D eigenvalue weighted by Crippen LogP contribution is 2.15. The average molecular weight is 344 g/mol. The summed E-state index contributed by atoms with van der Waals surface area (Å²) in [5.41, 5.74) is 4.81. The monoisotopic (exact) mass is 344 g/mol. The highest BCUT2D eigenvalue weighted by atomic mass is 16.2. The number of nitrogens with one attached hydrogen (secondary N) is 2. The van der Waals surface area contributed by atoms with E-state index in [0.29, 0.717) is 5.39 Å². The van der Waals surface area contributed by atoms with Gasteiger partial charge in [-0.15, -0.1) is 0 Å². The SMILES string of the molecule is Cn1cc(C(=O)NN=Cc2c[nH]c3ccccc23)c(=O)c2ccccc21. The molecule has 2 N–H and O–H groups in total. The van der Waals surface area contributed by atoms with Gasteiger partial charge in [0.2, 0.25) is 5.43 Å². The first-order valence-corrected chi connectivity index (χ1v) is 8.13. The summed E-state index contributed by atoms with van der Waals surface area (Å²) in [6.07, 6.45) is 4.90. The van der Waals surface area contributed by atoms with Gasteiger partial charge >= 0.3 is 0 Å². The van der Waals surface area contributed by atoms with E-state index in [0.717, 1.165) is 22.0 Å². The van der Waals surface area contributed by atoms with Gasteiger partial charge in [-0.1, -0.05) is 30.3 Å². The number of nitrogens with zero attached hydrogens (tertiary/aromatic N) is 2. The first-order valence-electron chi connectivity index (χ1n) is 8.13. The lowest BCUT2D eigenvalue weighted by Gasteiger charge is -2.07. The molecule has 4 rings (SSSR count). The number of hydrogen-bond donors (Lipinski definition) is 2. The summed E-state index contributed by atoms with van der Waals surface area (Å²) < 4.78 is 1.76. The molecule has 128 valence electrons. The van der Waals surface area contributed by atoms with Gasteiger partial charge in [-0.25, -0.2) is 5.43 Å². The Bertz CT molecular complexity index is 1220. The number of para-hydroxylation sites is 2. The van der Waals surface area contributed by atoms with Crippen molar-refractivity contribution in [2.45, 2.75) is 0 Å². The molecule has 0 aliphatic carbocycles. The molecular formula is C20H16N4O2. The zero-order chi connectivity index (χ0) is 18.1. The van der Waals surface area contributed by atoms with Crippen LogP contribution < -0.4 is 10.9 Å². The zero-order valence-corrected chi connectivity index (χ0v) is 14.1. The third-order valence-electron chi connectivity index (χ3n) is 4.33. The number of pyridine rings is 1. The summed E-state index contributed by atoms with van der Waals surface area (Å²) >= 11 is 0. The lowest BCUT2D eigenvalue weighted by molar-refractivity contribution is 0.0953. The Kier molecular flexibility index (Phi) is 3.85. The van der Waals surface area contributed by atoms with E-state index in [9.17, 15) is 9.59 Å². The maximum absolute atomic E-state index is 12.6. The van der Waals surface area contributed by atoms with E-state index in [1.165, 1.54) is 6.20 Å². The Labute approximate surface area is 148 Å². The van der Waals surface area contributed by atoms with Crippen molar-refractivity contribution in [3.63, 3.8) is 0 Å². The molecule has 0 spiro atoms. The highest BCUT2D eigenvalue weighted by Gasteiger charge is 2.13. The van der Waals surface area contributed by atoms with Crippen LogP contribution in [0.5, 0.6) is 0 Å². The quantitative estimate of drug-likeness (QED) is 0.443. The normalized spacial score (nSPS) is 11.4. The molecule has 0 unspecified atom stereocenters. The average Bonchev–Trinajstić information content (AvgIpc) is 3.08. The van der Waals surface area contributed by atoms with Crippen LogP contribution in [0.4, 0.5) is 0 Å². The Hall–Kier alpha value is -3.67. The number of fused-ring (bicyclic) bond motifs is 2. The van der Waals surface area contributed by atoms with Crippen molar-refractivity contribution in [2.75, 3.05) is 0 Å². The fourth-order valence-electron chi connectivity index (χ4n) is 3.02. The van der Waals surface area contributed by atoms with Crippen LogP contribution in [-0.2, 0) is 7.05 Å². The van der Waals surface area contributed by atoms with Crippen LogP contribution in [0.25, 0.3) is 21.8 Å². The number of aromatic nitrogens is 2. The van der Waals surface area contributed by atoms with Crippen molar-refractivity contribution < 1.29 is 4.79 Å². The molecule has 0 aliphatic heterocycles. The molecule has 0 aliphatic rings. The van der Waals surface area contributed by atoms with Gasteiger partial charge in [0, 0.05) is 41.3 Å². The number of H-pyrrole nitrogens is 1. The number of carbonyl (C=O) groups is 1. The number of aryl methyl sites for hydroxylation is 1. The Morgan fingerprint density at radius 1 is 1.12 bits per heavy atom. The first-order chi connectivity index (χ1) is 12.6. The van der Waals surface area contributed by atoms with Crippen LogP contribution in [0.3, 0.4) is 0 Å². The molecule has 0 saturated carbocycles. The zero-order valence-electron chi connectivity index (χ0n) is 14.1. The second-order valence-electron chi connectivity index (χ2n) is 5.99. The molecule has 2 aromatic carbocycles. The van der Waals surface area contributed by atoms with Crippen LogP contribution >= 0.6 is 0 Å². The van der Waals surface area contributed by atoms with E-state index in [2.05, 4.69) is 15.5 Å². The molecule has 0 radical (unpaired) electrons. The third-order valence-corrected chi connectivity index (χ3v) is 4.33. The molecule has 1 amide bonds. The third kappa shape index (κ3) is 2.67. The topological polar surface area (TPSA) is 79.2 Å². The van der Waals surface area contributed by atoms with E-state index in [1.54, 1.807) is 30.0 Å². The summed E-state index contributed by atoms with van der Waals surface area (Å²) in [6.45, 7) is 0. The van der Waals surface area contributed by atoms with Crippen molar-refractivity contribution in [1.29, 1.82) is 0 Å². The molecule has 4 aromatic rings. The van der Waals surface area contributed by atoms with Crippen molar-refractivity contribution in [2.24, 2.45) is 12.1 Å².